The SMILES string of the molecule is COc1ccc(C(C(=O)NCCOC(C)C)C2CCCC2)cc1. The predicted molar refractivity (Wildman–Crippen MR) is 91.8 cm³/mol. The largest absolute Gasteiger partial charge is 0.497 e. The fourth-order valence-electron chi connectivity index (χ4n) is 3.32. The Morgan fingerprint density at radius 3 is 2.43 bits per heavy atom. The molecule has 1 N–H and O–H groups in total. The van der Waals surface area contributed by atoms with Crippen LogP contribution in [0.5, 0.6) is 5.75 Å². The smallest absolute Gasteiger partial charge is 0.227 e. The maximum absolute atomic E-state index is 12.7. The van der Waals surface area contributed by atoms with Crippen LogP contribution in [0.1, 0.15) is 51.0 Å². The zero-order valence-electron chi connectivity index (χ0n) is 14.5. The summed E-state index contributed by atoms with van der Waals surface area (Å²) < 4.78 is 10.7. The van der Waals surface area contributed by atoms with Crippen molar-refractivity contribution in [2.45, 2.75) is 51.6 Å². The molecule has 1 aliphatic rings. The number of ether oxygens (including phenoxy) is 2. The Morgan fingerprint density at radius 2 is 1.87 bits per heavy atom. The average molecular weight is 319 g/mol. The monoisotopic (exact) mass is 319 g/mol. The van der Waals surface area contributed by atoms with Gasteiger partial charge >= 0.3 is 0 Å². The highest BCUT2D eigenvalue weighted by Gasteiger charge is 2.31. The van der Waals surface area contributed by atoms with Gasteiger partial charge in [-0.2, -0.15) is 0 Å². The first-order chi connectivity index (χ1) is 11.1. The fourth-order valence-corrected chi connectivity index (χ4v) is 3.32. The van der Waals surface area contributed by atoms with Crippen molar-refractivity contribution in [3.63, 3.8) is 0 Å². The van der Waals surface area contributed by atoms with Crippen LogP contribution in [0.3, 0.4) is 0 Å². The summed E-state index contributed by atoms with van der Waals surface area (Å²) in [6, 6.07) is 7.91. The molecule has 1 amide bonds. The molecule has 0 aliphatic heterocycles. The fraction of sp³-hybridized carbons (Fsp3) is 0.632. The Bertz CT molecular complexity index is 478. The van der Waals surface area contributed by atoms with E-state index in [1.54, 1.807) is 7.11 Å². The molecule has 23 heavy (non-hydrogen) atoms. The molecule has 0 spiro atoms. The van der Waals surface area contributed by atoms with Gasteiger partial charge in [-0.1, -0.05) is 25.0 Å². The van der Waals surface area contributed by atoms with Crippen LogP contribution in [0.2, 0.25) is 0 Å². The molecule has 0 bridgehead atoms. The van der Waals surface area contributed by atoms with Gasteiger partial charge < -0.3 is 14.8 Å². The maximum Gasteiger partial charge on any atom is 0.227 e. The van der Waals surface area contributed by atoms with Crippen molar-refractivity contribution in [3.05, 3.63) is 29.8 Å². The van der Waals surface area contributed by atoms with Crippen LogP contribution in [0.15, 0.2) is 24.3 Å². The zero-order chi connectivity index (χ0) is 16.7. The van der Waals surface area contributed by atoms with Crippen molar-refractivity contribution in [1.29, 1.82) is 0 Å². The first kappa shape index (κ1) is 17.8. The molecule has 1 saturated carbocycles. The Kier molecular flexibility index (Phi) is 6.90. The number of nitrogens with one attached hydrogen (secondary N) is 1. The zero-order valence-corrected chi connectivity index (χ0v) is 14.5. The molecule has 4 nitrogen and oxygen atoms in total. The third-order valence-corrected chi connectivity index (χ3v) is 4.48. The van der Waals surface area contributed by atoms with Gasteiger partial charge in [0.1, 0.15) is 5.75 Å². The first-order valence-corrected chi connectivity index (χ1v) is 8.65. The second kappa shape index (κ2) is 8.92. The number of rotatable bonds is 8. The lowest BCUT2D eigenvalue weighted by Crippen LogP contribution is -2.35. The van der Waals surface area contributed by atoms with Gasteiger partial charge in [-0.05, 0) is 50.3 Å². The molecule has 1 aromatic carbocycles. The summed E-state index contributed by atoms with van der Waals surface area (Å²) in [6.07, 6.45) is 4.90. The highest BCUT2D eigenvalue weighted by atomic mass is 16.5. The van der Waals surface area contributed by atoms with Gasteiger partial charge in [-0.3, -0.25) is 4.79 Å². The van der Waals surface area contributed by atoms with Crippen molar-refractivity contribution in [2.75, 3.05) is 20.3 Å². The van der Waals surface area contributed by atoms with E-state index in [1.165, 1.54) is 12.8 Å². The number of methoxy groups -OCH3 is 1. The highest BCUT2D eigenvalue weighted by Crippen LogP contribution is 2.37. The van der Waals surface area contributed by atoms with Crippen LogP contribution in [0, 0.1) is 5.92 Å². The Labute approximate surface area is 139 Å². The van der Waals surface area contributed by atoms with E-state index in [0.717, 1.165) is 24.2 Å². The molecule has 1 aromatic rings. The van der Waals surface area contributed by atoms with Crippen molar-refractivity contribution in [1.82, 2.24) is 5.32 Å². The molecule has 1 fully saturated rings. The van der Waals surface area contributed by atoms with Crippen molar-refractivity contribution >= 4 is 5.91 Å². The van der Waals surface area contributed by atoms with Gasteiger partial charge in [-0.15, -0.1) is 0 Å². The van der Waals surface area contributed by atoms with E-state index >= 15 is 0 Å². The molecular weight excluding hydrogens is 290 g/mol. The lowest BCUT2D eigenvalue weighted by molar-refractivity contribution is -0.124. The van der Waals surface area contributed by atoms with E-state index < -0.39 is 0 Å². The summed E-state index contributed by atoms with van der Waals surface area (Å²) in [6.45, 7) is 5.13. The molecule has 1 aliphatic carbocycles. The minimum atomic E-state index is -0.0672. The van der Waals surface area contributed by atoms with Gasteiger partial charge in [0.2, 0.25) is 5.91 Å². The average Bonchev–Trinajstić information content (AvgIpc) is 3.06. The summed E-state index contributed by atoms with van der Waals surface area (Å²) in [5.41, 5.74) is 1.08. The van der Waals surface area contributed by atoms with Gasteiger partial charge in [0.05, 0.1) is 25.7 Å². The molecule has 2 rings (SSSR count). The topological polar surface area (TPSA) is 47.6 Å². The third kappa shape index (κ3) is 5.24. The van der Waals surface area contributed by atoms with E-state index in [2.05, 4.69) is 5.32 Å². The molecule has 1 atom stereocenters. The van der Waals surface area contributed by atoms with Crippen LogP contribution in [-0.4, -0.2) is 32.3 Å². The van der Waals surface area contributed by atoms with Gasteiger partial charge in [-0.25, -0.2) is 0 Å². The molecule has 0 saturated heterocycles. The summed E-state index contributed by atoms with van der Waals surface area (Å²) in [7, 11) is 1.66. The second-order valence-electron chi connectivity index (χ2n) is 6.51. The molecule has 0 heterocycles. The number of benzene rings is 1. The summed E-state index contributed by atoms with van der Waals surface area (Å²) >= 11 is 0. The minimum Gasteiger partial charge on any atom is -0.497 e. The molecule has 4 heteroatoms. The van der Waals surface area contributed by atoms with Crippen LogP contribution in [-0.2, 0) is 9.53 Å². The van der Waals surface area contributed by atoms with Gasteiger partial charge in [0.25, 0.3) is 0 Å². The number of hydrogen-bond donors (Lipinski definition) is 1. The Hall–Kier alpha value is -1.55. The van der Waals surface area contributed by atoms with Gasteiger partial charge in [0, 0.05) is 6.54 Å². The lowest BCUT2D eigenvalue weighted by Gasteiger charge is -2.23. The summed E-state index contributed by atoms with van der Waals surface area (Å²) in [5, 5.41) is 3.05. The number of amides is 1. The van der Waals surface area contributed by atoms with Crippen molar-refractivity contribution < 1.29 is 14.3 Å². The highest BCUT2D eigenvalue weighted by molar-refractivity contribution is 5.84. The Balaban J connectivity index is 2.02. The van der Waals surface area contributed by atoms with Crippen LogP contribution >= 0.6 is 0 Å². The molecular formula is C19H29NO3. The molecule has 0 aromatic heterocycles. The minimum absolute atomic E-state index is 0.0672. The van der Waals surface area contributed by atoms with E-state index in [1.807, 2.05) is 38.1 Å². The summed E-state index contributed by atoms with van der Waals surface area (Å²) in [4.78, 5) is 12.7. The maximum atomic E-state index is 12.7. The van der Waals surface area contributed by atoms with E-state index in [4.69, 9.17) is 9.47 Å². The molecule has 0 radical (unpaired) electrons. The van der Waals surface area contributed by atoms with Gasteiger partial charge in [0.15, 0.2) is 0 Å². The first-order valence-electron chi connectivity index (χ1n) is 8.65. The van der Waals surface area contributed by atoms with E-state index in [-0.39, 0.29) is 17.9 Å². The standard InChI is InChI=1S/C19H29NO3/c1-14(2)23-13-12-20-19(21)18(15-6-4-5-7-15)16-8-10-17(22-3)11-9-16/h8-11,14-15,18H,4-7,12-13H2,1-3H3,(H,20,21). The quantitative estimate of drug-likeness (QED) is 0.746. The predicted octanol–water partition coefficient (Wildman–Crippen LogP) is 3.51. The summed E-state index contributed by atoms with van der Waals surface area (Å²) in [5.74, 6) is 1.32. The molecule has 128 valence electrons. The van der Waals surface area contributed by atoms with Crippen LogP contribution < -0.4 is 10.1 Å². The van der Waals surface area contributed by atoms with Crippen LogP contribution in [0.4, 0.5) is 0 Å². The van der Waals surface area contributed by atoms with E-state index in [0.29, 0.717) is 19.1 Å². The molecule has 1 unspecified atom stereocenters. The van der Waals surface area contributed by atoms with Crippen LogP contribution in [0.25, 0.3) is 0 Å². The number of hydrogen-bond acceptors (Lipinski definition) is 3. The number of carbonyl (C=O) groups excluding carboxylic acids is 1. The second-order valence-corrected chi connectivity index (χ2v) is 6.51. The lowest BCUT2D eigenvalue weighted by atomic mass is 9.84. The normalized spacial score (nSPS) is 16.5. The Morgan fingerprint density at radius 1 is 1.22 bits per heavy atom. The van der Waals surface area contributed by atoms with Crippen molar-refractivity contribution in [3.8, 4) is 5.75 Å². The number of carbonyl (C=O) groups is 1. The third-order valence-electron chi connectivity index (χ3n) is 4.48. The van der Waals surface area contributed by atoms with E-state index in [9.17, 15) is 4.79 Å². The van der Waals surface area contributed by atoms with Crippen molar-refractivity contribution in [2.24, 2.45) is 5.92 Å².